The lowest BCUT2D eigenvalue weighted by atomic mass is 9.98. The van der Waals surface area contributed by atoms with E-state index >= 15 is 0 Å². The smallest absolute Gasteiger partial charge is 0.256 e. The molecule has 0 bridgehead atoms. The zero-order valence-corrected chi connectivity index (χ0v) is 16.3. The molecule has 2 aromatic heterocycles. The van der Waals surface area contributed by atoms with Crippen LogP contribution in [0.4, 0.5) is 5.69 Å². The van der Waals surface area contributed by atoms with Crippen LogP contribution in [0.5, 0.6) is 0 Å². The summed E-state index contributed by atoms with van der Waals surface area (Å²) in [5.41, 5.74) is 9.20. The summed E-state index contributed by atoms with van der Waals surface area (Å²) in [6.07, 6.45) is 4.65. The highest BCUT2D eigenvalue weighted by Gasteiger charge is 2.31. The van der Waals surface area contributed by atoms with Crippen molar-refractivity contribution in [2.75, 3.05) is 12.3 Å². The van der Waals surface area contributed by atoms with Gasteiger partial charge in [0.25, 0.3) is 5.91 Å². The Hall–Kier alpha value is -2.31. The number of piperidine rings is 1. The van der Waals surface area contributed by atoms with Gasteiger partial charge in [0.1, 0.15) is 5.15 Å². The van der Waals surface area contributed by atoms with Crippen molar-refractivity contribution in [3.63, 3.8) is 0 Å². The van der Waals surface area contributed by atoms with Gasteiger partial charge in [0.15, 0.2) is 5.65 Å². The minimum atomic E-state index is -0.134. The number of nitrogen functional groups attached to an aromatic ring is 1. The Morgan fingerprint density at radius 2 is 2.07 bits per heavy atom. The standard InChI is InChI=1S/C19H19Cl2N5O/c1-11-10-26-17(23-18(11)21)9-15(24-26)16-4-2-3-7-25(16)19(27)13-8-12(20)5-6-14(13)22/h5-6,8-10,16H,2-4,7,22H2,1H3. The predicted octanol–water partition coefficient (Wildman–Crippen LogP) is 4.29. The number of nitrogens with zero attached hydrogens (tertiary/aromatic N) is 4. The quantitative estimate of drug-likeness (QED) is 0.511. The van der Waals surface area contributed by atoms with Crippen LogP contribution in [0.1, 0.15) is 46.9 Å². The van der Waals surface area contributed by atoms with Crippen molar-refractivity contribution in [3.8, 4) is 0 Å². The van der Waals surface area contributed by atoms with Gasteiger partial charge < -0.3 is 10.6 Å². The molecule has 1 amide bonds. The lowest BCUT2D eigenvalue weighted by molar-refractivity contribution is 0.0607. The van der Waals surface area contributed by atoms with Gasteiger partial charge >= 0.3 is 0 Å². The SMILES string of the molecule is Cc1cn2nc(C3CCCCN3C(=O)c3cc(Cl)ccc3N)cc2nc1Cl. The number of carbonyl (C=O) groups excluding carboxylic acids is 1. The summed E-state index contributed by atoms with van der Waals surface area (Å²) in [7, 11) is 0. The number of likely N-dealkylation sites (tertiary alicyclic amines) is 1. The fraction of sp³-hybridized carbons (Fsp3) is 0.316. The molecule has 4 rings (SSSR count). The third-order valence-corrected chi connectivity index (χ3v) is 5.56. The van der Waals surface area contributed by atoms with Gasteiger partial charge in [-0.1, -0.05) is 23.2 Å². The summed E-state index contributed by atoms with van der Waals surface area (Å²) in [5, 5.41) is 5.59. The van der Waals surface area contributed by atoms with E-state index in [2.05, 4.69) is 10.1 Å². The third-order valence-electron chi connectivity index (χ3n) is 4.94. The molecule has 140 valence electrons. The average molecular weight is 404 g/mol. The Labute approximate surface area is 166 Å². The summed E-state index contributed by atoms with van der Waals surface area (Å²) < 4.78 is 1.71. The van der Waals surface area contributed by atoms with E-state index in [9.17, 15) is 4.79 Å². The molecule has 27 heavy (non-hydrogen) atoms. The molecular formula is C19H19Cl2N5O. The Balaban J connectivity index is 1.72. The van der Waals surface area contributed by atoms with Gasteiger partial charge in [-0.25, -0.2) is 9.50 Å². The van der Waals surface area contributed by atoms with Crippen LogP contribution in [0.25, 0.3) is 5.65 Å². The largest absolute Gasteiger partial charge is 0.398 e. The highest BCUT2D eigenvalue weighted by atomic mass is 35.5. The van der Waals surface area contributed by atoms with Crippen LogP contribution >= 0.6 is 23.2 Å². The number of amides is 1. The van der Waals surface area contributed by atoms with Crippen molar-refractivity contribution in [1.29, 1.82) is 0 Å². The molecule has 1 atom stereocenters. The first kappa shape index (κ1) is 18.1. The number of nitrogens with two attached hydrogens (primary N) is 1. The second-order valence-corrected chi connectivity index (χ2v) is 7.62. The molecule has 0 spiro atoms. The van der Waals surface area contributed by atoms with Gasteiger partial charge in [-0.15, -0.1) is 0 Å². The van der Waals surface area contributed by atoms with Crippen molar-refractivity contribution in [2.45, 2.75) is 32.2 Å². The Morgan fingerprint density at radius 1 is 1.26 bits per heavy atom. The number of aromatic nitrogens is 3. The number of carbonyl (C=O) groups is 1. The van der Waals surface area contributed by atoms with Crippen LogP contribution < -0.4 is 5.73 Å². The Morgan fingerprint density at radius 3 is 2.89 bits per heavy atom. The Kier molecular flexibility index (Phi) is 4.70. The zero-order chi connectivity index (χ0) is 19.1. The van der Waals surface area contributed by atoms with E-state index in [4.69, 9.17) is 28.9 Å². The highest BCUT2D eigenvalue weighted by molar-refractivity contribution is 6.31. The maximum Gasteiger partial charge on any atom is 0.256 e. The van der Waals surface area contributed by atoms with Crippen LogP contribution in [0.15, 0.2) is 30.5 Å². The van der Waals surface area contributed by atoms with E-state index in [1.807, 2.05) is 24.1 Å². The summed E-state index contributed by atoms with van der Waals surface area (Å²) in [6, 6.07) is 6.72. The molecule has 3 aromatic rings. The van der Waals surface area contributed by atoms with Crippen LogP contribution in [0.3, 0.4) is 0 Å². The molecule has 8 heteroatoms. The molecule has 0 aliphatic carbocycles. The van der Waals surface area contributed by atoms with Crippen LogP contribution in [0, 0.1) is 6.92 Å². The molecule has 1 aliphatic heterocycles. The molecule has 0 saturated carbocycles. The van der Waals surface area contributed by atoms with Gasteiger partial charge in [-0.3, -0.25) is 4.79 Å². The fourth-order valence-electron chi connectivity index (χ4n) is 3.52. The van der Waals surface area contributed by atoms with Crippen molar-refractivity contribution < 1.29 is 4.79 Å². The van der Waals surface area contributed by atoms with E-state index < -0.39 is 0 Å². The molecule has 0 radical (unpaired) electrons. The van der Waals surface area contributed by atoms with Crippen molar-refractivity contribution in [3.05, 3.63) is 57.5 Å². The van der Waals surface area contributed by atoms with Gasteiger partial charge in [0.2, 0.25) is 0 Å². The summed E-state index contributed by atoms with van der Waals surface area (Å²) in [5.74, 6) is -0.126. The van der Waals surface area contributed by atoms with Crippen LogP contribution in [0.2, 0.25) is 10.2 Å². The average Bonchev–Trinajstić information content (AvgIpc) is 3.06. The zero-order valence-electron chi connectivity index (χ0n) is 14.8. The van der Waals surface area contributed by atoms with Crippen molar-refractivity contribution >= 4 is 40.4 Å². The molecule has 1 fully saturated rings. The Bertz CT molecular complexity index is 993. The monoisotopic (exact) mass is 403 g/mol. The molecule has 6 nitrogen and oxygen atoms in total. The van der Waals surface area contributed by atoms with Crippen LogP contribution in [-0.4, -0.2) is 31.9 Å². The molecular weight excluding hydrogens is 385 g/mol. The van der Waals surface area contributed by atoms with E-state index in [-0.39, 0.29) is 11.9 Å². The number of aryl methyl sites for hydroxylation is 1. The minimum absolute atomic E-state index is 0.126. The van der Waals surface area contributed by atoms with Crippen molar-refractivity contribution in [2.24, 2.45) is 0 Å². The maximum atomic E-state index is 13.2. The number of rotatable bonds is 2. The number of anilines is 1. The normalized spacial score (nSPS) is 17.4. The van der Waals surface area contributed by atoms with Gasteiger partial charge in [0.05, 0.1) is 17.3 Å². The second kappa shape index (κ2) is 7.02. The van der Waals surface area contributed by atoms with Gasteiger partial charge in [0, 0.05) is 35.1 Å². The molecule has 1 aliphatic rings. The lowest BCUT2D eigenvalue weighted by Crippen LogP contribution is -2.39. The van der Waals surface area contributed by atoms with E-state index in [0.717, 1.165) is 30.5 Å². The lowest BCUT2D eigenvalue weighted by Gasteiger charge is -2.35. The van der Waals surface area contributed by atoms with Gasteiger partial charge in [-0.2, -0.15) is 5.10 Å². The predicted molar refractivity (Wildman–Crippen MR) is 106 cm³/mol. The molecule has 1 saturated heterocycles. The first-order valence-electron chi connectivity index (χ1n) is 8.82. The van der Waals surface area contributed by atoms with E-state index in [1.165, 1.54) is 0 Å². The second-order valence-electron chi connectivity index (χ2n) is 6.83. The molecule has 1 aromatic carbocycles. The number of hydrogen-bond acceptors (Lipinski definition) is 4. The number of hydrogen-bond donors (Lipinski definition) is 1. The van der Waals surface area contributed by atoms with Crippen LogP contribution in [-0.2, 0) is 0 Å². The summed E-state index contributed by atoms with van der Waals surface area (Å²) in [6.45, 7) is 2.53. The highest BCUT2D eigenvalue weighted by Crippen LogP contribution is 2.33. The van der Waals surface area contributed by atoms with E-state index in [0.29, 0.717) is 33.6 Å². The molecule has 3 heterocycles. The number of halogens is 2. The van der Waals surface area contributed by atoms with Crippen molar-refractivity contribution in [1.82, 2.24) is 19.5 Å². The topological polar surface area (TPSA) is 76.5 Å². The first-order chi connectivity index (χ1) is 12.9. The molecule has 2 N–H and O–H groups in total. The fourth-order valence-corrected chi connectivity index (χ4v) is 3.83. The van der Waals surface area contributed by atoms with E-state index in [1.54, 1.807) is 22.7 Å². The minimum Gasteiger partial charge on any atom is -0.398 e. The number of fused-ring (bicyclic) bond motifs is 1. The number of benzene rings is 1. The third kappa shape index (κ3) is 3.35. The maximum absolute atomic E-state index is 13.2. The molecule has 1 unspecified atom stereocenters. The first-order valence-corrected chi connectivity index (χ1v) is 9.58. The summed E-state index contributed by atoms with van der Waals surface area (Å²) >= 11 is 12.2. The summed E-state index contributed by atoms with van der Waals surface area (Å²) in [4.78, 5) is 19.4. The van der Waals surface area contributed by atoms with Gasteiger partial charge in [-0.05, 0) is 44.4 Å².